The highest BCUT2D eigenvalue weighted by molar-refractivity contribution is 7.80. The summed E-state index contributed by atoms with van der Waals surface area (Å²) in [5.74, 6) is -0.592. The Hall–Kier alpha value is -1.95. The summed E-state index contributed by atoms with van der Waals surface area (Å²) in [5, 5.41) is 3.15. The number of hydrogen-bond acceptors (Lipinski definition) is 4. The van der Waals surface area contributed by atoms with Gasteiger partial charge in [0, 0.05) is 18.7 Å². The number of likely N-dealkylation sites (tertiary alicyclic amines) is 1. The van der Waals surface area contributed by atoms with Crippen molar-refractivity contribution in [3.05, 3.63) is 34.9 Å². The van der Waals surface area contributed by atoms with E-state index in [1.54, 1.807) is 6.92 Å². The van der Waals surface area contributed by atoms with Crippen LogP contribution in [0, 0.1) is 19.8 Å². The van der Waals surface area contributed by atoms with Crippen LogP contribution >= 0.6 is 12.2 Å². The van der Waals surface area contributed by atoms with Gasteiger partial charge in [-0.15, -0.1) is 0 Å². The van der Waals surface area contributed by atoms with Crippen LogP contribution in [0.1, 0.15) is 41.3 Å². The third-order valence-electron chi connectivity index (χ3n) is 4.03. The number of piperidine rings is 1. The first-order chi connectivity index (χ1) is 11.4. The minimum absolute atomic E-state index is 0.185. The van der Waals surface area contributed by atoms with Crippen molar-refractivity contribution in [2.75, 3.05) is 19.7 Å². The van der Waals surface area contributed by atoms with Gasteiger partial charge in [-0.2, -0.15) is 0 Å². The van der Waals surface area contributed by atoms with Gasteiger partial charge in [-0.1, -0.05) is 17.2 Å². The molecular formula is C18H24N2O3S. The SMILES string of the molecule is CCOC(=O)[C@H]1CCCN(C(=S)NC(=O)c2cc(C)cc(C)c2)C1. The van der Waals surface area contributed by atoms with Crippen molar-refractivity contribution in [3.63, 3.8) is 0 Å². The van der Waals surface area contributed by atoms with Crippen molar-refractivity contribution in [1.29, 1.82) is 0 Å². The number of esters is 1. The molecule has 1 aliphatic rings. The fraction of sp³-hybridized carbons (Fsp3) is 0.500. The second-order valence-corrected chi connectivity index (χ2v) is 6.56. The third kappa shape index (κ3) is 4.77. The minimum Gasteiger partial charge on any atom is -0.466 e. The van der Waals surface area contributed by atoms with Crippen LogP contribution in [-0.4, -0.2) is 41.6 Å². The smallest absolute Gasteiger partial charge is 0.310 e. The maximum atomic E-state index is 12.4. The molecule has 1 amide bonds. The highest BCUT2D eigenvalue weighted by Crippen LogP contribution is 2.18. The number of amides is 1. The number of nitrogens with one attached hydrogen (secondary N) is 1. The van der Waals surface area contributed by atoms with Crippen LogP contribution in [0.5, 0.6) is 0 Å². The van der Waals surface area contributed by atoms with E-state index in [-0.39, 0.29) is 17.8 Å². The largest absolute Gasteiger partial charge is 0.466 e. The Labute approximate surface area is 148 Å². The van der Waals surface area contributed by atoms with Crippen molar-refractivity contribution in [2.24, 2.45) is 5.92 Å². The maximum Gasteiger partial charge on any atom is 0.310 e. The van der Waals surface area contributed by atoms with Crippen LogP contribution in [0.4, 0.5) is 0 Å². The quantitative estimate of drug-likeness (QED) is 0.672. The topological polar surface area (TPSA) is 58.6 Å². The summed E-state index contributed by atoms with van der Waals surface area (Å²) in [6.07, 6.45) is 1.64. The van der Waals surface area contributed by atoms with Crippen molar-refractivity contribution in [1.82, 2.24) is 10.2 Å². The van der Waals surface area contributed by atoms with Crippen LogP contribution < -0.4 is 5.32 Å². The lowest BCUT2D eigenvalue weighted by atomic mass is 9.98. The number of thiocarbonyl (C=S) groups is 1. The number of benzene rings is 1. The van der Waals surface area contributed by atoms with E-state index in [9.17, 15) is 9.59 Å². The number of ether oxygens (including phenoxy) is 1. The van der Waals surface area contributed by atoms with Crippen LogP contribution in [0.3, 0.4) is 0 Å². The number of nitrogens with zero attached hydrogens (tertiary/aromatic N) is 1. The summed E-state index contributed by atoms with van der Waals surface area (Å²) in [6.45, 7) is 7.32. The van der Waals surface area contributed by atoms with Crippen LogP contribution in [0.25, 0.3) is 0 Å². The zero-order chi connectivity index (χ0) is 17.7. The van der Waals surface area contributed by atoms with E-state index in [0.29, 0.717) is 23.8 Å². The molecule has 1 fully saturated rings. The summed E-state index contributed by atoms with van der Waals surface area (Å²) >= 11 is 5.36. The van der Waals surface area contributed by atoms with E-state index in [1.165, 1.54) is 0 Å². The lowest BCUT2D eigenvalue weighted by Crippen LogP contribution is -2.48. The Kier molecular flexibility index (Phi) is 6.31. The highest BCUT2D eigenvalue weighted by atomic mass is 32.1. The Morgan fingerprint density at radius 3 is 2.58 bits per heavy atom. The number of aryl methyl sites for hydroxylation is 2. The summed E-state index contributed by atoms with van der Waals surface area (Å²) in [6, 6.07) is 5.69. The van der Waals surface area contributed by atoms with Gasteiger partial charge in [0.2, 0.25) is 0 Å². The van der Waals surface area contributed by atoms with Crippen LogP contribution in [0.15, 0.2) is 18.2 Å². The summed E-state index contributed by atoms with van der Waals surface area (Å²) < 4.78 is 5.09. The monoisotopic (exact) mass is 348 g/mol. The molecular weight excluding hydrogens is 324 g/mol. The summed E-state index contributed by atoms with van der Waals surface area (Å²) in [5.41, 5.74) is 2.66. The molecule has 24 heavy (non-hydrogen) atoms. The molecule has 2 rings (SSSR count). The molecule has 0 radical (unpaired) electrons. The first kappa shape index (κ1) is 18.4. The highest BCUT2D eigenvalue weighted by Gasteiger charge is 2.28. The van der Waals surface area contributed by atoms with Gasteiger partial charge in [0.1, 0.15) is 0 Å². The lowest BCUT2D eigenvalue weighted by Gasteiger charge is -2.33. The van der Waals surface area contributed by atoms with Gasteiger partial charge in [0.15, 0.2) is 5.11 Å². The molecule has 6 heteroatoms. The molecule has 1 aromatic carbocycles. The van der Waals surface area contributed by atoms with E-state index in [1.807, 2.05) is 36.9 Å². The van der Waals surface area contributed by atoms with E-state index in [0.717, 1.165) is 30.5 Å². The molecule has 130 valence electrons. The molecule has 5 nitrogen and oxygen atoms in total. The second kappa shape index (κ2) is 8.24. The summed E-state index contributed by atoms with van der Waals surface area (Å²) in [4.78, 5) is 26.2. The standard InChI is InChI=1S/C18H24N2O3S/c1-4-23-17(22)14-6-5-7-20(11-14)18(24)19-16(21)15-9-12(2)8-13(3)10-15/h8-10,14H,4-7,11H2,1-3H3,(H,19,21,24)/t14-/m0/s1. The molecule has 0 spiro atoms. The Balaban J connectivity index is 1.98. The van der Waals surface area contributed by atoms with Gasteiger partial charge in [0.25, 0.3) is 5.91 Å². The fourth-order valence-corrected chi connectivity index (χ4v) is 3.23. The van der Waals surface area contributed by atoms with Crippen LogP contribution in [-0.2, 0) is 9.53 Å². The molecule has 0 unspecified atom stereocenters. The molecule has 1 aliphatic heterocycles. The molecule has 1 saturated heterocycles. The Bertz CT molecular complexity index is 625. The first-order valence-corrected chi connectivity index (χ1v) is 8.66. The zero-order valence-corrected chi connectivity index (χ0v) is 15.2. The Morgan fingerprint density at radius 2 is 1.96 bits per heavy atom. The molecule has 0 bridgehead atoms. The van der Waals surface area contributed by atoms with Crippen molar-refractivity contribution in [2.45, 2.75) is 33.6 Å². The molecule has 0 aliphatic carbocycles. The molecule has 1 heterocycles. The van der Waals surface area contributed by atoms with E-state index in [2.05, 4.69) is 5.32 Å². The fourth-order valence-electron chi connectivity index (χ4n) is 2.97. The molecule has 1 aromatic rings. The van der Waals surface area contributed by atoms with Gasteiger partial charge in [-0.3, -0.25) is 14.9 Å². The molecule has 0 saturated carbocycles. The van der Waals surface area contributed by atoms with Crippen molar-refractivity contribution in [3.8, 4) is 0 Å². The summed E-state index contributed by atoms with van der Waals surface area (Å²) in [7, 11) is 0. The zero-order valence-electron chi connectivity index (χ0n) is 14.4. The predicted molar refractivity (Wildman–Crippen MR) is 96.9 cm³/mol. The van der Waals surface area contributed by atoms with Gasteiger partial charge in [0.05, 0.1) is 12.5 Å². The van der Waals surface area contributed by atoms with Crippen molar-refractivity contribution < 1.29 is 14.3 Å². The second-order valence-electron chi connectivity index (χ2n) is 6.17. The van der Waals surface area contributed by atoms with E-state index >= 15 is 0 Å². The Morgan fingerprint density at radius 1 is 1.29 bits per heavy atom. The number of carbonyl (C=O) groups excluding carboxylic acids is 2. The lowest BCUT2D eigenvalue weighted by molar-refractivity contribution is -0.149. The first-order valence-electron chi connectivity index (χ1n) is 8.26. The van der Waals surface area contributed by atoms with Gasteiger partial charge in [-0.25, -0.2) is 0 Å². The maximum absolute atomic E-state index is 12.4. The number of carbonyl (C=O) groups is 2. The molecule has 1 N–H and O–H groups in total. The average Bonchev–Trinajstić information content (AvgIpc) is 2.54. The minimum atomic E-state index is -0.218. The average molecular weight is 348 g/mol. The normalized spacial score (nSPS) is 17.3. The molecule has 1 atom stereocenters. The van der Waals surface area contributed by atoms with E-state index < -0.39 is 0 Å². The van der Waals surface area contributed by atoms with Gasteiger partial charge >= 0.3 is 5.97 Å². The predicted octanol–water partition coefficient (Wildman–Crippen LogP) is 2.59. The number of rotatable bonds is 3. The third-order valence-corrected chi connectivity index (χ3v) is 4.39. The van der Waals surface area contributed by atoms with E-state index in [4.69, 9.17) is 17.0 Å². The van der Waals surface area contributed by atoms with Crippen LogP contribution in [0.2, 0.25) is 0 Å². The van der Waals surface area contributed by atoms with Gasteiger partial charge < -0.3 is 9.64 Å². The number of hydrogen-bond donors (Lipinski definition) is 1. The van der Waals surface area contributed by atoms with Crippen molar-refractivity contribution >= 4 is 29.2 Å². The van der Waals surface area contributed by atoms with Gasteiger partial charge in [-0.05, 0) is 58.0 Å². The molecule has 0 aromatic heterocycles.